The van der Waals surface area contributed by atoms with Crippen LogP contribution in [0.1, 0.15) is 24.2 Å². The van der Waals surface area contributed by atoms with Crippen molar-refractivity contribution in [3.63, 3.8) is 0 Å². The van der Waals surface area contributed by atoms with Gasteiger partial charge in [-0.05, 0) is 26.0 Å². The summed E-state index contributed by atoms with van der Waals surface area (Å²) >= 11 is 11.6. The van der Waals surface area contributed by atoms with Gasteiger partial charge in [0, 0.05) is 13.2 Å². The Morgan fingerprint density at radius 1 is 1.43 bits per heavy atom. The number of hydrogen-bond acceptors (Lipinski definition) is 4. The highest BCUT2D eigenvalue weighted by Crippen LogP contribution is 2.30. The molecule has 0 saturated carbocycles. The summed E-state index contributed by atoms with van der Waals surface area (Å²) in [6.07, 6.45) is -0.324. The number of carboxylic acids is 1. The Morgan fingerprint density at radius 2 is 2.05 bits per heavy atom. The van der Waals surface area contributed by atoms with E-state index in [9.17, 15) is 13.2 Å². The zero-order valence-electron chi connectivity index (χ0n) is 11.4. The Kier molecular flexibility index (Phi) is 6.42. The highest BCUT2D eigenvalue weighted by atomic mass is 35.5. The predicted molar refractivity (Wildman–Crippen MR) is 79.7 cm³/mol. The number of carboxylic acid groups (broad SMARTS) is 1. The fourth-order valence-electron chi connectivity index (χ4n) is 1.59. The average Bonchev–Trinajstić information content (AvgIpc) is 2.36. The fraction of sp³-hybridized carbons (Fsp3) is 0.417. The summed E-state index contributed by atoms with van der Waals surface area (Å²) in [5.41, 5.74) is -0.445. The van der Waals surface area contributed by atoms with Crippen LogP contribution in [0.15, 0.2) is 17.0 Å². The smallest absolute Gasteiger partial charge is 0.338 e. The van der Waals surface area contributed by atoms with Gasteiger partial charge < -0.3 is 9.84 Å². The van der Waals surface area contributed by atoms with Crippen molar-refractivity contribution in [2.45, 2.75) is 24.8 Å². The molecule has 1 aromatic rings. The Bertz CT molecular complexity index is 633. The molecule has 118 valence electrons. The molecule has 21 heavy (non-hydrogen) atoms. The largest absolute Gasteiger partial charge is 0.478 e. The second-order valence-corrected chi connectivity index (χ2v) is 6.68. The number of benzene rings is 1. The normalized spacial score (nSPS) is 13.1. The second kappa shape index (κ2) is 7.42. The van der Waals surface area contributed by atoms with Crippen LogP contribution in [0.3, 0.4) is 0 Å². The van der Waals surface area contributed by atoms with Crippen molar-refractivity contribution < 1.29 is 23.1 Å². The SMILES string of the molecule is CCOC(C)CNS(=O)(=O)c1ccc(Cl)c(C(=O)O)c1Cl. The topological polar surface area (TPSA) is 92.7 Å². The van der Waals surface area contributed by atoms with Crippen LogP contribution in [-0.4, -0.2) is 38.7 Å². The lowest BCUT2D eigenvalue weighted by Gasteiger charge is -2.14. The summed E-state index contributed by atoms with van der Waals surface area (Å²) in [5.74, 6) is -1.40. The lowest BCUT2D eigenvalue weighted by molar-refractivity contribution is 0.0696. The van der Waals surface area contributed by atoms with Crippen molar-refractivity contribution in [3.05, 3.63) is 27.7 Å². The van der Waals surface area contributed by atoms with Crippen LogP contribution < -0.4 is 4.72 Å². The number of nitrogens with one attached hydrogen (secondary N) is 1. The molecule has 0 aliphatic heterocycles. The molecular weight excluding hydrogens is 341 g/mol. The van der Waals surface area contributed by atoms with E-state index in [1.807, 2.05) is 0 Å². The summed E-state index contributed by atoms with van der Waals surface area (Å²) < 4.78 is 31.8. The van der Waals surface area contributed by atoms with Crippen molar-refractivity contribution in [2.75, 3.05) is 13.2 Å². The molecule has 0 spiro atoms. The van der Waals surface area contributed by atoms with Gasteiger partial charge in [0.25, 0.3) is 0 Å². The van der Waals surface area contributed by atoms with Crippen LogP contribution in [0.5, 0.6) is 0 Å². The molecule has 0 amide bonds. The summed E-state index contributed by atoms with van der Waals surface area (Å²) in [6.45, 7) is 3.99. The summed E-state index contributed by atoms with van der Waals surface area (Å²) in [7, 11) is -3.96. The summed E-state index contributed by atoms with van der Waals surface area (Å²) in [4.78, 5) is 10.7. The third-order valence-corrected chi connectivity index (χ3v) is 4.86. The van der Waals surface area contributed by atoms with Crippen molar-refractivity contribution in [3.8, 4) is 0 Å². The number of ether oxygens (including phenoxy) is 1. The fourth-order valence-corrected chi connectivity index (χ4v) is 3.62. The maximum absolute atomic E-state index is 12.2. The highest BCUT2D eigenvalue weighted by molar-refractivity contribution is 7.89. The van der Waals surface area contributed by atoms with E-state index in [-0.39, 0.29) is 22.6 Å². The standard InChI is InChI=1S/C12H15Cl2NO5S/c1-3-20-7(2)6-15-21(18,19)9-5-4-8(13)10(11(9)14)12(16)17/h4-5,7,15H,3,6H2,1-2H3,(H,16,17). The highest BCUT2D eigenvalue weighted by Gasteiger charge is 2.25. The van der Waals surface area contributed by atoms with Gasteiger partial charge in [-0.25, -0.2) is 17.9 Å². The van der Waals surface area contributed by atoms with Gasteiger partial charge in [-0.15, -0.1) is 0 Å². The van der Waals surface area contributed by atoms with E-state index in [0.29, 0.717) is 6.61 Å². The number of halogens is 2. The number of hydrogen-bond donors (Lipinski definition) is 2. The van der Waals surface area contributed by atoms with E-state index in [1.165, 1.54) is 6.07 Å². The Balaban J connectivity index is 3.10. The first-order chi connectivity index (χ1) is 9.70. The molecule has 0 saturated heterocycles. The van der Waals surface area contributed by atoms with Crippen LogP contribution in [0, 0.1) is 0 Å². The molecule has 0 radical (unpaired) electrons. The first-order valence-corrected chi connectivity index (χ1v) is 8.27. The average molecular weight is 356 g/mol. The Hall–Kier alpha value is -0.860. The number of carbonyl (C=O) groups is 1. The van der Waals surface area contributed by atoms with Gasteiger partial charge in [0.15, 0.2) is 0 Å². The molecule has 0 bridgehead atoms. The maximum Gasteiger partial charge on any atom is 0.338 e. The lowest BCUT2D eigenvalue weighted by atomic mass is 10.2. The van der Waals surface area contributed by atoms with Crippen molar-refractivity contribution in [1.82, 2.24) is 4.72 Å². The monoisotopic (exact) mass is 355 g/mol. The molecule has 2 N–H and O–H groups in total. The molecule has 0 fully saturated rings. The molecule has 0 heterocycles. The van der Waals surface area contributed by atoms with E-state index in [1.54, 1.807) is 13.8 Å². The van der Waals surface area contributed by atoms with Crippen LogP contribution >= 0.6 is 23.2 Å². The lowest BCUT2D eigenvalue weighted by Crippen LogP contribution is -2.32. The van der Waals surface area contributed by atoms with E-state index < -0.39 is 26.6 Å². The number of sulfonamides is 1. The molecule has 1 atom stereocenters. The molecule has 1 unspecified atom stereocenters. The molecule has 1 rings (SSSR count). The van der Waals surface area contributed by atoms with Gasteiger partial charge in [-0.1, -0.05) is 23.2 Å². The number of aromatic carboxylic acids is 1. The quantitative estimate of drug-likeness (QED) is 0.783. The third kappa shape index (κ3) is 4.55. The molecule has 0 aliphatic rings. The second-order valence-electron chi connectivity index (χ2n) is 4.16. The van der Waals surface area contributed by atoms with Crippen LogP contribution in [-0.2, 0) is 14.8 Å². The number of rotatable bonds is 7. The van der Waals surface area contributed by atoms with E-state index in [0.717, 1.165) is 6.07 Å². The van der Waals surface area contributed by atoms with Crippen molar-refractivity contribution in [2.24, 2.45) is 0 Å². The third-order valence-electron chi connectivity index (χ3n) is 2.57. The maximum atomic E-state index is 12.2. The minimum atomic E-state index is -3.96. The molecule has 1 aromatic carbocycles. The van der Waals surface area contributed by atoms with Crippen LogP contribution in [0.25, 0.3) is 0 Å². The van der Waals surface area contributed by atoms with Crippen molar-refractivity contribution >= 4 is 39.2 Å². The van der Waals surface area contributed by atoms with Crippen LogP contribution in [0.2, 0.25) is 10.0 Å². The van der Waals surface area contributed by atoms with Gasteiger partial charge in [-0.2, -0.15) is 0 Å². The predicted octanol–water partition coefficient (Wildman–Crippen LogP) is 2.39. The van der Waals surface area contributed by atoms with Gasteiger partial charge >= 0.3 is 5.97 Å². The van der Waals surface area contributed by atoms with Gasteiger partial charge in [0.2, 0.25) is 10.0 Å². The molecule has 0 aromatic heterocycles. The summed E-state index contributed by atoms with van der Waals surface area (Å²) in [6, 6.07) is 2.34. The molecular formula is C12H15Cl2NO5S. The van der Waals surface area contributed by atoms with Crippen LogP contribution in [0.4, 0.5) is 0 Å². The van der Waals surface area contributed by atoms with E-state index >= 15 is 0 Å². The molecule has 0 aliphatic carbocycles. The minimum Gasteiger partial charge on any atom is -0.478 e. The van der Waals surface area contributed by atoms with E-state index in [4.69, 9.17) is 33.0 Å². The zero-order chi connectivity index (χ0) is 16.2. The van der Waals surface area contributed by atoms with Crippen molar-refractivity contribution in [1.29, 1.82) is 0 Å². The summed E-state index contributed by atoms with van der Waals surface area (Å²) in [5, 5.41) is 8.47. The van der Waals surface area contributed by atoms with Gasteiger partial charge in [-0.3, -0.25) is 0 Å². The van der Waals surface area contributed by atoms with Gasteiger partial charge in [0.1, 0.15) is 4.90 Å². The Morgan fingerprint density at radius 3 is 2.57 bits per heavy atom. The molecule has 6 nitrogen and oxygen atoms in total. The van der Waals surface area contributed by atoms with E-state index in [2.05, 4.69) is 4.72 Å². The first-order valence-electron chi connectivity index (χ1n) is 6.03. The minimum absolute atomic E-state index is 0.0392. The zero-order valence-corrected chi connectivity index (χ0v) is 13.7. The first kappa shape index (κ1) is 18.2. The Labute approximate surface area is 133 Å². The van der Waals surface area contributed by atoms with Gasteiger partial charge in [0.05, 0.1) is 21.7 Å². The molecule has 9 heteroatoms.